The van der Waals surface area contributed by atoms with Gasteiger partial charge in [-0.15, -0.1) is 0 Å². The van der Waals surface area contributed by atoms with E-state index in [-0.39, 0.29) is 18.4 Å². The highest BCUT2D eigenvalue weighted by molar-refractivity contribution is 5.78. The number of carbonyl (C=O) groups is 1. The maximum atomic E-state index is 12.7. The molecule has 4 rings (SSSR count). The van der Waals surface area contributed by atoms with Crippen molar-refractivity contribution in [3.8, 4) is 11.5 Å². The smallest absolute Gasteiger partial charge is 0.260 e. The van der Waals surface area contributed by atoms with E-state index in [1.54, 1.807) is 0 Å². The molecule has 6 nitrogen and oxygen atoms in total. The summed E-state index contributed by atoms with van der Waals surface area (Å²) in [6.07, 6.45) is 2.97. The summed E-state index contributed by atoms with van der Waals surface area (Å²) in [7, 11) is 0. The van der Waals surface area contributed by atoms with Gasteiger partial charge in [-0.3, -0.25) is 4.79 Å². The van der Waals surface area contributed by atoms with E-state index < -0.39 is 0 Å². The predicted octanol–water partition coefficient (Wildman–Crippen LogP) is 4.14. The molecule has 1 saturated heterocycles. The van der Waals surface area contributed by atoms with Gasteiger partial charge in [0.25, 0.3) is 5.91 Å². The van der Waals surface area contributed by atoms with E-state index in [2.05, 4.69) is 11.9 Å². The van der Waals surface area contributed by atoms with Gasteiger partial charge in [0.15, 0.2) is 6.61 Å². The number of piperidine rings is 1. The molecule has 1 amide bonds. The summed E-state index contributed by atoms with van der Waals surface area (Å²) >= 11 is 0. The number of benzene rings is 2. The van der Waals surface area contributed by atoms with Gasteiger partial charge in [-0.2, -0.15) is 0 Å². The van der Waals surface area contributed by atoms with Crippen molar-refractivity contribution in [3.05, 3.63) is 54.4 Å². The van der Waals surface area contributed by atoms with E-state index in [0.717, 1.165) is 48.4 Å². The van der Waals surface area contributed by atoms with Gasteiger partial charge in [0.05, 0.1) is 17.6 Å². The molecule has 0 aliphatic carbocycles. The van der Waals surface area contributed by atoms with Crippen LogP contribution < -0.4 is 9.47 Å². The minimum absolute atomic E-state index is 0.0112. The van der Waals surface area contributed by atoms with Crippen molar-refractivity contribution >= 4 is 16.9 Å². The van der Waals surface area contributed by atoms with Crippen LogP contribution in [-0.2, 0) is 4.79 Å². The maximum Gasteiger partial charge on any atom is 0.260 e. The number of imidazole rings is 1. The first-order valence-electron chi connectivity index (χ1n) is 10.3. The van der Waals surface area contributed by atoms with Crippen LogP contribution in [0.4, 0.5) is 0 Å². The van der Waals surface area contributed by atoms with Crippen molar-refractivity contribution in [1.82, 2.24) is 14.9 Å². The molecule has 1 aliphatic rings. The normalized spacial score (nSPS) is 16.7. The van der Waals surface area contributed by atoms with Crippen molar-refractivity contribution in [3.63, 3.8) is 0 Å². The Bertz CT molecular complexity index is 918. The fourth-order valence-corrected chi connectivity index (χ4v) is 3.68. The number of amides is 1. The van der Waals surface area contributed by atoms with Gasteiger partial charge >= 0.3 is 0 Å². The number of aromatic amines is 1. The van der Waals surface area contributed by atoms with Crippen molar-refractivity contribution in [1.29, 1.82) is 0 Å². The molecular formula is C23H27N3O3. The van der Waals surface area contributed by atoms with E-state index in [1.807, 2.05) is 53.4 Å². The number of aromatic nitrogens is 2. The van der Waals surface area contributed by atoms with E-state index in [4.69, 9.17) is 14.5 Å². The molecule has 3 aromatic rings. The second kappa shape index (κ2) is 8.99. The summed E-state index contributed by atoms with van der Waals surface area (Å²) in [6, 6.07) is 15.4. The van der Waals surface area contributed by atoms with Crippen LogP contribution in [0.5, 0.6) is 11.5 Å². The third kappa shape index (κ3) is 4.70. The number of nitrogens with one attached hydrogen (secondary N) is 1. The number of para-hydroxylation sites is 2. The second-order valence-corrected chi connectivity index (χ2v) is 7.43. The average molecular weight is 393 g/mol. The van der Waals surface area contributed by atoms with Crippen molar-refractivity contribution in [2.24, 2.45) is 0 Å². The Morgan fingerprint density at radius 3 is 2.66 bits per heavy atom. The Balaban J connectivity index is 1.32. The molecule has 1 N–H and O–H groups in total. The molecular weight excluding hydrogens is 366 g/mol. The maximum absolute atomic E-state index is 12.7. The molecule has 0 spiro atoms. The molecule has 1 aromatic heterocycles. The second-order valence-electron chi connectivity index (χ2n) is 7.43. The molecule has 29 heavy (non-hydrogen) atoms. The molecule has 2 aromatic carbocycles. The monoisotopic (exact) mass is 393 g/mol. The minimum atomic E-state index is 0.0112. The topological polar surface area (TPSA) is 67.5 Å². The third-order valence-electron chi connectivity index (χ3n) is 5.23. The first-order valence-corrected chi connectivity index (χ1v) is 10.3. The van der Waals surface area contributed by atoms with E-state index in [1.165, 1.54) is 0 Å². The Morgan fingerprint density at radius 2 is 1.90 bits per heavy atom. The van der Waals surface area contributed by atoms with E-state index >= 15 is 0 Å². The average Bonchev–Trinajstić information content (AvgIpc) is 3.21. The zero-order valence-corrected chi connectivity index (χ0v) is 16.8. The molecule has 0 radical (unpaired) electrons. The number of rotatable bonds is 7. The van der Waals surface area contributed by atoms with Crippen molar-refractivity contribution < 1.29 is 14.3 Å². The summed E-state index contributed by atoms with van der Waals surface area (Å²) in [5.74, 6) is 2.70. The zero-order chi connectivity index (χ0) is 20.1. The Labute approximate surface area is 170 Å². The highest BCUT2D eigenvalue weighted by Gasteiger charge is 2.27. The van der Waals surface area contributed by atoms with E-state index in [0.29, 0.717) is 18.9 Å². The van der Waals surface area contributed by atoms with Gasteiger partial charge in [-0.05, 0) is 55.7 Å². The van der Waals surface area contributed by atoms with Gasteiger partial charge in [-0.1, -0.05) is 19.1 Å². The molecule has 1 atom stereocenters. The van der Waals surface area contributed by atoms with Gasteiger partial charge in [0.2, 0.25) is 0 Å². The number of fused-ring (bicyclic) bond motifs is 1. The van der Waals surface area contributed by atoms with Gasteiger partial charge in [0, 0.05) is 19.0 Å². The van der Waals surface area contributed by atoms with E-state index in [9.17, 15) is 4.79 Å². The number of likely N-dealkylation sites (tertiary alicyclic amines) is 1. The summed E-state index contributed by atoms with van der Waals surface area (Å²) in [5.41, 5.74) is 2.02. The quantitative estimate of drug-likeness (QED) is 0.655. The number of hydrogen-bond acceptors (Lipinski definition) is 4. The number of carbonyl (C=O) groups excluding carboxylic acids is 1. The van der Waals surface area contributed by atoms with Crippen molar-refractivity contribution in [2.75, 3.05) is 26.3 Å². The standard InChI is InChI=1S/C23H27N3O3/c1-2-14-28-18-9-11-19(12-10-18)29-16-22(27)26-13-5-6-17(15-26)23-24-20-7-3-4-8-21(20)25-23/h3-4,7-12,17H,2,5-6,13-16H2,1H3,(H,24,25). The molecule has 152 valence electrons. The highest BCUT2D eigenvalue weighted by Crippen LogP contribution is 2.27. The Hall–Kier alpha value is -3.02. The summed E-state index contributed by atoms with van der Waals surface area (Å²) in [6.45, 7) is 4.25. The lowest BCUT2D eigenvalue weighted by Crippen LogP contribution is -2.41. The van der Waals surface area contributed by atoms with Crippen LogP contribution >= 0.6 is 0 Å². The number of hydrogen-bond donors (Lipinski definition) is 1. The first-order chi connectivity index (χ1) is 14.2. The van der Waals surface area contributed by atoms with Crippen LogP contribution in [0.25, 0.3) is 11.0 Å². The summed E-state index contributed by atoms with van der Waals surface area (Å²) in [4.78, 5) is 22.7. The van der Waals surface area contributed by atoms with Gasteiger partial charge in [0.1, 0.15) is 17.3 Å². The Morgan fingerprint density at radius 1 is 1.14 bits per heavy atom. The first kappa shape index (κ1) is 19.3. The number of ether oxygens (including phenoxy) is 2. The number of H-pyrrole nitrogens is 1. The lowest BCUT2D eigenvalue weighted by atomic mass is 9.97. The van der Waals surface area contributed by atoms with Crippen LogP contribution in [-0.4, -0.2) is 47.1 Å². The molecule has 1 fully saturated rings. The fraction of sp³-hybridized carbons (Fsp3) is 0.391. The lowest BCUT2D eigenvalue weighted by Gasteiger charge is -2.31. The largest absolute Gasteiger partial charge is 0.494 e. The van der Waals surface area contributed by atoms with Gasteiger partial charge in [-0.25, -0.2) is 4.98 Å². The zero-order valence-electron chi connectivity index (χ0n) is 16.8. The summed E-state index contributed by atoms with van der Waals surface area (Å²) < 4.78 is 11.3. The fourth-order valence-electron chi connectivity index (χ4n) is 3.68. The lowest BCUT2D eigenvalue weighted by molar-refractivity contribution is -0.134. The molecule has 2 heterocycles. The molecule has 0 saturated carbocycles. The SMILES string of the molecule is CCCOc1ccc(OCC(=O)N2CCCC(c3nc4ccccc4[nH]3)C2)cc1. The molecule has 0 bridgehead atoms. The molecule has 1 aliphatic heterocycles. The Kier molecular flexibility index (Phi) is 5.98. The number of nitrogens with zero attached hydrogens (tertiary/aromatic N) is 2. The van der Waals surface area contributed by atoms with Crippen LogP contribution in [0.1, 0.15) is 37.9 Å². The van der Waals surface area contributed by atoms with Crippen LogP contribution in [0.15, 0.2) is 48.5 Å². The third-order valence-corrected chi connectivity index (χ3v) is 5.23. The predicted molar refractivity (Wildman–Crippen MR) is 112 cm³/mol. The van der Waals surface area contributed by atoms with Crippen molar-refractivity contribution in [2.45, 2.75) is 32.1 Å². The molecule has 1 unspecified atom stereocenters. The minimum Gasteiger partial charge on any atom is -0.494 e. The summed E-state index contributed by atoms with van der Waals surface area (Å²) in [5, 5.41) is 0. The van der Waals surface area contributed by atoms with Crippen LogP contribution in [0.3, 0.4) is 0 Å². The molecule has 6 heteroatoms. The highest BCUT2D eigenvalue weighted by atomic mass is 16.5. The van der Waals surface area contributed by atoms with Crippen LogP contribution in [0.2, 0.25) is 0 Å². The van der Waals surface area contributed by atoms with Gasteiger partial charge < -0.3 is 19.4 Å². The van der Waals surface area contributed by atoms with Crippen LogP contribution in [0, 0.1) is 0 Å².